The molecule has 2 saturated heterocycles. The first-order valence-electron chi connectivity index (χ1n) is 6.63. The van der Waals surface area contributed by atoms with Crippen molar-refractivity contribution in [1.29, 1.82) is 0 Å². The van der Waals surface area contributed by atoms with Crippen LogP contribution in [-0.2, 0) is 6.54 Å². The molecular weight excluding hydrogens is 234 g/mol. The third-order valence-corrected chi connectivity index (χ3v) is 4.16. The lowest BCUT2D eigenvalue weighted by Gasteiger charge is -2.37. The molecule has 3 rings (SSSR count). The van der Waals surface area contributed by atoms with Gasteiger partial charge in [-0.15, -0.1) is 0 Å². The van der Waals surface area contributed by atoms with Crippen LogP contribution >= 0.6 is 0 Å². The summed E-state index contributed by atoms with van der Waals surface area (Å²) < 4.78 is 26.1. The van der Waals surface area contributed by atoms with Crippen molar-refractivity contribution in [2.75, 3.05) is 19.6 Å². The second-order valence-corrected chi connectivity index (χ2v) is 5.35. The molecule has 0 aromatic heterocycles. The van der Waals surface area contributed by atoms with Crippen LogP contribution in [0.5, 0.6) is 0 Å². The van der Waals surface area contributed by atoms with Crippen molar-refractivity contribution in [2.24, 2.45) is 5.92 Å². The Morgan fingerprint density at radius 3 is 2.94 bits per heavy atom. The minimum Gasteiger partial charge on any atom is -0.315 e. The van der Waals surface area contributed by atoms with Crippen LogP contribution in [0.15, 0.2) is 18.2 Å². The van der Waals surface area contributed by atoms with Crippen molar-refractivity contribution in [1.82, 2.24) is 10.2 Å². The highest BCUT2D eigenvalue weighted by molar-refractivity contribution is 5.18. The van der Waals surface area contributed by atoms with E-state index in [4.69, 9.17) is 0 Å². The van der Waals surface area contributed by atoms with Crippen LogP contribution in [0, 0.1) is 17.6 Å². The lowest BCUT2D eigenvalue weighted by Crippen LogP contribution is -2.44. The zero-order chi connectivity index (χ0) is 12.5. The van der Waals surface area contributed by atoms with Crippen molar-refractivity contribution in [3.8, 4) is 0 Å². The summed E-state index contributed by atoms with van der Waals surface area (Å²) in [4.78, 5) is 2.40. The fraction of sp³-hybridized carbons (Fsp3) is 0.571. The molecule has 18 heavy (non-hydrogen) atoms. The summed E-state index contributed by atoms with van der Waals surface area (Å²) in [6.07, 6.45) is 2.48. The van der Waals surface area contributed by atoms with Crippen molar-refractivity contribution < 1.29 is 8.78 Å². The van der Waals surface area contributed by atoms with Crippen molar-refractivity contribution in [3.63, 3.8) is 0 Å². The van der Waals surface area contributed by atoms with E-state index in [0.29, 0.717) is 6.04 Å². The molecule has 2 unspecified atom stereocenters. The lowest BCUT2D eigenvalue weighted by atomic mass is 9.91. The average molecular weight is 252 g/mol. The predicted molar refractivity (Wildman–Crippen MR) is 66.1 cm³/mol. The maximum atomic E-state index is 13.2. The summed E-state index contributed by atoms with van der Waals surface area (Å²) >= 11 is 0. The van der Waals surface area contributed by atoms with E-state index in [-0.39, 0.29) is 0 Å². The molecule has 1 aromatic rings. The monoisotopic (exact) mass is 252 g/mol. The van der Waals surface area contributed by atoms with Gasteiger partial charge in [-0.2, -0.15) is 0 Å². The number of likely N-dealkylation sites (tertiary alicyclic amines) is 1. The summed E-state index contributed by atoms with van der Waals surface area (Å²) in [5, 5.41) is 3.42. The first kappa shape index (κ1) is 12.1. The first-order chi connectivity index (χ1) is 8.74. The van der Waals surface area contributed by atoms with E-state index in [1.54, 1.807) is 6.07 Å². The number of hydrogen-bond acceptors (Lipinski definition) is 2. The maximum absolute atomic E-state index is 13.2. The van der Waals surface area contributed by atoms with Crippen molar-refractivity contribution in [3.05, 3.63) is 35.4 Å². The molecule has 0 aliphatic carbocycles. The third-order valence-electron chi connectivity index (χ3n) is 4.16. The summed E-state index contributed by atoms with van der Waals surface area (Å²) in [7, 11) is 0. The molecule has 2 aliphatic heterocycles. The topological polar surface area (TPSA) is 15.3 Å². The summed E-state index contributed by atoms with van der Waals surface area (Å²) in [5.41, 5.74) is 0.862. The van der Waals surface area contributed by atoms with E-state index in [0.717, 1.165) is 37.7 Å². The molecule has 0 radical (unpaired) electrons. The average Bonchev–Trinajstić information content (AvgIpc) is 2.83. The van der Waals surface area contributed by atoms with Gasteiger partial charge in [-0.05, 0) is 49.5 Å². The van der Waals surface area contributed by atoms with Crippen molar-refractivity contribution >= 4 is 0 Å². The highest BCUT2D eigenvalue weighted by atomic mass is 19.2. The Labute approximate surface area is 106 Å². The van der Waals surface area contributed by atoms with Crippen LogP contribution in [0.2, 0.25) is 0 Å². The number of piperidine rings is 1. The zero-order valence-electron chi connectivity index (χ0n) is 10.3. The minimum absolute atomic E-state index is 0.562. The van der Waals surface area contributed by atoms with Crippen LogP contribution < -0.4 is 5.32 Å². The van der Waals surface area contributed by atoms with E-state index < -0.39 is 11.6 Å². The number of fused-ring (bicyclic) bond motifs is 1. The van der Waals surface area contributed by atoms with Gasteiger partial charge in [0.2, 0.25) is 0 Å². The lowest BCUT2D eigenvalue weighted by molar-refractivity contribution is 0.117. The molecule has 2 aliphatic rings. The molecule has 0 saturated carbocycles. The second-order valence-electron chi connectivity index (χ2n) is 5.35. The zero-order valence-corrected chi connectivity index (χ0v) is 10.3. The van der Waals surface area contributed by atoms with Gasteiger partial charge >= 0.3 is 0 Å². The fourth-order valence-electron chi connectivity index (χ4n) is 3.23. The van der Waals surface area contributed by atoms with E-state index in [1.165, 1.54) is 25.0 Å². The van der Waals surface area contributed by atoms with Gasteiger partial charge in [-0.1, -0.05) is 6.07 Å². The Morgan fingerprint density at radius 2 is 2.11 bits per heavy atom. The Bertz CT molecular complexity index is 436. The van der Waals surface area contributed by atoms with Crippen LogP contribution in [-0.4, -0.2) is 30.6 Å². The molecule has 4 heteroatoms. The Balaban J connectivity index is 1.73. The number of hydrogen-bond donors (Lipinski definition) is 1. The van der Waals surface area contributed by atoms with E-state index in [9.17, 15) is 8.78 Å². The molecule has 0 amide bonds. The minimum atomic E-state index is -0.766. The predicted octanol–water partition coefficient (Wildman–Crippen LogP) is 2.15. The molecule has 1 aromatic carbocycles. The van der Waals surface area contributed by atoms with Crippen LogP contribution in [0.25, 0.3) is 0 Å². The summed E-state index contributed by atoms with van der Waals surface area (Å²) in [6.45, 7) is 3.90. The van der Waals surface area contributed by atoms with E-state index in [2.05, 4.69) is 10.2 Å². The molecule has 2 nitrogen and oxygen atoms in total. The number of nitrogens with zero attached hydrogens (tertiary/aromatic N) is 1. The molecule has 98 valence electrons. The van der Waals surface area contributed by atoms with Gasteiger partial charge in [-0.3, -0.25) is 4.90 Å². The first-order valence-corrected chi connectivity index (χ1v) is 6.63. The molecular formula is C14H18F2N2. The highest BCUT2D eigenvalue weighted by Crippen LogP contribution is 2.27. The Hall–Kier alpha value is -1.00. The summed E-state index contributed by atoms with van der Waals surface area (Å²) in [5.74, 6) is -0.785. The number of benzene rings is 1. The van der Waals surface area contributed by atoms with Crippen molar-refractivity contribution in [2.45, 2.75) is 25.4 Å². The quantitative estimate of drug-likeness (QED) is 0.867. The number of halogens is 2. The van der Waals surface area contributed by atoms with Crippen LogP contribution in [0.4, 0.5) is 8.78 Å². The molecule has 1 N–H and O–H groups in total. The molecule has 2 atom stereocenters. The maximum Gasteiger partial charge on any atom is 0.159 e. The van der Waals surface area contributed by atoms with Gasteiger partial charge in [0.25, 0.3) is 0 Å². The normalized spacial score (nSPS) is 28.3. The largest absolute Gasteiger partial charge is 0.315 e. The smallest absolute Gasteiger partial charge is 0.159 e. The standard InChI is InChI=1S/C14H18F2N2/c15-12-4-3-10(6-13(12)16)9-18-5-1-2-11-7-17-8-14(11)18/h3-4,6,11,14,17H,1-2,5,7-9H2. The Kier molecular flexibility index (Phi) is 3.31. The van der Waals surface area contributed by atoms with Gasteiger partial charge < -0.3 is 5.32 Å². The SMILES string of the molecule is Fc1ccc(CN2CCCC3CNCC32)cc1F. The van der Waals surface area contributed by atoms with Gasteiger partial charge in [0.15, 0.2) is 11.6 Å². The van der Waals surface area contributed by atoms with Gasteiger partial charge in [0.1, 0.15) is 0 Å². The highest BCUT2D eigenvalue weighted by Gasteiger charge is 2.34. The van der Waals surface area contributed by atoms with Gasteiger partial charge in [-0.25, -0.2) is 8.78 Å². The number of rotatable bonds is 2. The fourth-order valence-corrected chi connectivity index (χ4v) is 3.23. The van der Waals surface area contributed by atoms with Crippen LogP contribution in [0.3, 0.4) is 0 Å². The molecule has 2 heterocycles. The summed E-state index contributed by atoms with van der Waals surface area (Å²) in [6, 6.07) is 4.79. The third kappa shape index (κ3) is 2.27. The van der Waals surface area contributed by atoms with Gasteiger partial charge in [0, 0.05) is 19.1 Å². The molecule has 0 bridgehead atoms. The Morgan fingerprint density at radius 1 is 1.22 bits per heavy atom. The van der Waals surface area contributed by atoms with Gasteiger partial charge in [0.05, 0.1) is 0 Å². The molecule has 0 spiro atoms. The van der Waals surface area contributed by atoms with E-state index in [1.807, 2.05) is 0 Å². The van der Waals surface area contributed by atoms with Crippen LogP contribution in [0.1, 0.15) is 18.4 Å². The molecule has 2 fully saturated rings. The second kappa shape index (κ2) is 4.94. The van der Waals surface area contributed by atoms with E-state index >= 15 is 0 Å². The number of nitrogens with one attached hydrogen (secondary N) is 1.